The summed E-state index contributed by atoms with van der Waals surface area (Å²) in [6.45, 7) is 2.20. The normalized spacial score (nSPS) is 20.1. The Bertz CT molecular complexity index is 386. The Morgan fingerprint density at radius 3 is 2.55 bits per heavy atom. The van der Waals surface area contributed by atoms with Gasteiger partial charge in [-0.3, -0.25) is 4.79 Å². The number of hydrogen-bond acceptors (Lipinski definition) is 3. The highest BCUT2D eigenvalue weighted by Gasteiger charge is 2.36. The van der Waals surface area contributed by atoms with Gasteiger partial charge in [0.15, 0.2) is 0 Å². The number of likely N-dealkylation sites (tertiary alicyclic amines) is 1. The molecule has 3 amide bonds. The maximum Gasteiger partial charge on any atom is 0.326 e. The molecule has 1 rings (SSSR count). The molecule has 1 aliphatic rings. The largest absolute Gasteiger partial charge is 0.480 e. The minimum absolute atomic E-state index is 0.199. The summed E-state index contributed by atoms with van der Waals surface area (Å²) in [5.74, 6) is -1.23. The van der Waals surface area contributed by atoms with Gasteiger partial charge in [0.1, 0.15) is 12.1 Å². The van der Waals surface area contributed by atoms with E-state index in [2.05, 4.69) is 5.32 Å². The van der Waals surface area contributed by atoms with Gasteiger partial charge in [-0.1, -0.05) is 6.92 Å². The van der Waals surface area contributed by atoms with E-state index in [0.29, 0.717) is 19.4 Å². The van der Waals surface area contributed by atoms with Crippen LogP contribution in [0, 0.1) is 0 Å². The predicted octanol–water partition coefficient (Wildman–Crippen LogP) is 0.502. The summed E-state index contributed by atoms with van der Waals surface area (Å²) >= 11 is 0. The number of carboxylic acid groups (broad SMARTS) is 1. The fourth-order valence-corrected chi connectivity index (χ4v) is 2.55. The third-order valence-electron chi connectivity index (χ3n) is 3.74. The first kappa shape index (κ1) is 16.3. The zero-order valence-electron chi connectivity index (χ0n) is 12.3. The molecule has 2 atom stereocenters. The molecule has 1 saturated heterocycles. The third kappa shape index (κ3) is 3.40. The quantitative estimate of drug-likeness (QED) is 0.787. The molecular formula is C13H23N3O4. The van der Waals surface area contributed by atoms with Crippen molar-refractivity contribution in [3.8, 4) is 0 Å². The molecule has 1 aliphatic heterocycles. The van der Waals surface area contributed by atoms with E-state index in [9.17, 15) is 14.4 Å². The highest BCUT2D eigenvalue weighted by atomic mass is 16.4. The molecule has 114 valence electrons. The highest BCUT2D eigenvalue weighted by Crippen LogP contribution is 2.19. The monoisotopic (exact) mass is 285 g/mol. The number of aliphatic carboxylic acids is 1. The first-order valence-electron chi connectivity index (χ1n) is 6.91. The summed E-state index contributed by atoms with van der Waals surface area (Å²) in [7, 11) is 3.01. The van der Waals surface area contributed by atoms with Gasteiger partial charge in [-0.15, -0.1) is 0 Å². The molecule has 2 N–H and O–H groups in total. The summed E-state index contributed by atoms with van der Waals surface area (Å²) in [6.07, 6.45) is 2.66. The molecule has 0 radical (unpaired) electrons. The van der Waals surface area contributed by atoms with E-state index >= 15 is 0 Å². The molecule has 1 heterocycles. The number of nitrogens with one attached hydrogen (secondary N) is 1. The number of nitrogens with zero attached hydrogens (tertiary/aromatic N) is 2. The number of carbonyl (C=O) groups is 3. The van der Waals surface area contributed by atoms with E-state index in [-0.39, 0.29) is 5.91 Å². The number of hydrogen-bond donors (Lipinski definition) is 2. The highest BCUT2D eigenvalue weighted by molar-refractivity contribution is 5.88. The number of urea groups is 1. The number of carbonyl (C=O) groups excluding carboxylic acids is 2. The Labute approximate surface area is 118 Å². The summed E-state index contributed by atoms with van der Waals surface area (Å²) in [5.41, 5.74) is 0. The molecule has 7 nitrogen and oxygen atoms in total. The lowest BCUT2D eigenvalue weighted by Gasteiger charge is -2.38. The van der Waals surface area contributed by atoms with Gasteiger partial charge in [0, 0.05) is 20.6 Å². The van der Waals surface area contributed by atoms with Crippen molar-refractivity contribution in [2.24, 2.45) is 0 Å². The summed E-state index contributed by atoms with van der Waals surface area (Å²) in [4.78, 5) is 38.1. The van der Waals surface area contributed by atoms with Crippen molar-refractivity contribution in [3.63, 3.8) is 0 Å². The maximum atomic E-state index is 12.4. The molecule has 0 saturated carbocycles. The lowest BCUT2D eigenvalue weighted by Crippen LogP contribution is -2.57. The summed E-state index contributed by atoms with van der Waals surface area (Å²) < 4.78 is 0. The standard InChI is InChI=1S/C13H23N3O4/c1-4-9(12(18)19)15(3)13(20)16-8-6-5-7-10(16)11(17)14-2/h9-10H,4-8H2,1-3H3,(H,14,17)(H,18,19). The van der Waals surface area contributed by atoms with Crippen LogP contribution in [-0.2, 0) is 9.59 Å². The smallest absolute Gasteiger partial charge is 0.326 e. The maximum absolute atomic E-state index is 12.4. The van der Waals surface area contributed by atoms with Crippen LogP contribution in [0.3, 0.4) is 0 Å². The zero-order chi connectivity index (χ0) is 15.3. The minimum Gasteiger partial charge on any atom is -0.480 e. The molecule has 7 heteroatoms. The Balaban J connectivity index is 2.86. The fourth-order valence-electron chi connectivity index (χ4n) is 2.55. The van der Waals surface area contributed by atoms with E-state index in [4.69, 9.17) is 5.11 Å². The summed E-state index contributed by atoms with van der Waals surface area (Å²) in [5, 5.41) is 11.7. The van der Waals surface area contributed by atoms with Crippen LogP contribution in [0.1, 0.15) is 32.6 Å². The number of piperidine rings is 1. The SMILES string of the molecule is CCC(C(=O)O)N(C)C(=O)N1CCCCC1C(=O)NC. The van der Waals surface area contributed by atoms with Crippen LogP contribution in [0.25, 0.3) is 0 Å². The van der Waals surface area contributed by atoms with Gasteiger partial charge in [-0.05, 0) is 25.7 Å². The lowest BCUT2D eigenvalue weighted by molar-refractivity contribution is -0.142. The number of likely N-dealkylation sites (N-methyl/N-ethyl adjacent to an activating group) is 2. The van der Waals surface area contributed by atoms with Crippen molar-refractivity contribution in [3.05, 3.63) is 0 Å². The Morgan fingerprint density at radius 1 is 1.40 bits per heavy atom. The Kier molecular flexibility index (Phi) is 5.79. The molecule has 0 aromatic rings. The van der Waals surface area contributed by atoms with E-state index < -0.39 is 24.1 Å². The van der Waals surface area contributed by atoms with Crippen molar-refractivity contribution < 1.29 is 19.5 Å². The average Bonchev–Trinajstić information content (AvgIpc) is 2.45. The van der Waals surface area contributed by atoms with E-state index in [1.54, 1.807) is 6.92 Å². The summed E-state index contributed by atoms with van der Waals surface area (Å²) in [6, 6.07) is -1.77. The predicted molar refractivity (Wildman–Crippen MR) is 73.3 cm³/mol. The third-order valence-corrected chi connectivity index (χ3v) is 3.74. The van der Waals surface area contributed by atoms with Gasteiger partial charge in [-0.2, -0.15) is 0 Å². The minimum atomic E-state index is -1.03. The molecule has 20 heavy (non-hydrogen) atoms. The van der Waals surface area contributed by atoms with Crippen LogP contribution in [0.5, 0.6) is 0 Å². The molecular weight excluding hydrogens is 262 g/mol. The number of rotatable bonds is 4. The second-order valence-electron chi connectivity index (χ2n) is 4.97. The molecule has 0 bridgehead atoms. The second kappa shape index (κ2) is 7.12. The van der Waals surface area contributed by atoms with Crippen molar-refractivity contribution >= 4 is 17.9 Å². The average molecular weight is 285 g/mol. The number of carboxylic acids is 1. The van der Waals surface area contributed by atoms with Crippen LogP contribution >= 0.6 is 0 Å². The molecule has 0 aromatic heterocycles. The van der Waals surface area contributed by atoms with E-state index in [1.165, 1.54) is 23.9 Å². The zero-order valence-corrected chi connectivity index (χ0v) is 12.3. The molecule has 0 aliphatic carbocycles. The topological polar surface area (TPSA) is 90.0 Å². The van der Waals surface area contributed by atoms with Crippen molar-refractivity contribution in [2.45, 2.75) is 44.7 Å². The lowest BCUT2D eigenvalue weighted by atomic mass is 10.0. The molecule has 0 spiro atoms. The Morgan fingerprint density at radius 2 is 2.05 bits per heavy atom. The molecule has 2 unspecified atom stereocenters. The first-order chi connectivity index (χ1) is 9.43. The van der Waals surface area contributed by atoms with Crippen LogP contribution in [0.4, 0.5) is 4.79 Å². The van der Waals surface area contributed by atoms with Gasteiger partial charge in [-0.25, -0.2) is 9.59 Å². The second-order valence-corrected chi connectivity index (χ2v) is 4.97. The Hall–Kier alpha value is -1.79. The first-order valence-corrected chi connectivity index (χ1v) is 6.91. The fraction of sp³-hybridized carbons (Fsp3) is 0.769. The van der Waals surface area contributed by atoms with Crippen molar-refractivity contribution in [1.29, 1.82) is 0 Å². The van der Waals surface area contributed by atoms with Crippen molar-refractivity contribution in [1.82, 2.24) is 15.1 Å². The van der Waals surface area contributed by atoms with Gasteiger partial charge in [0.25, 0.3) is 0 Å². The van der Waals surface area contributed by atoms with Crippen LogP contribution in [0.15, 0.2) is 0 Å². The molecule has 0 aromatic carbocycles. The van der Waals surface area contributed by atoms with Crippen LogP contribution < -0.4 is 5.32 Å². The van der Waals surface area contributed by atoms with E-state index in [1.807, 2.05) is 0 Å². The van der Waals surface area contributed by atoms with Gasteiger partial charge < -0.3 is 20.2 Å². The number of amides is 3. The van der Waals surface area contributed by atoms with Crippen molar-refractivity contribution in [2.75, 3.05) is 20.6 Å². The van der Waals surface area contributed by atoms with Gasteiger partial charge >= 0.3 is 12.0 Å². The van der Waals surface area contributed by atoms with Crippen LogP contribution in [-0.4, -0.2) is 65.5 Å². The molecule has 1 fully saturated rings. The van der Waals surface area contributed by atoms with Gasteiger partial charge in [0.05, 0.1) is 0 Å². The van der Waals surface area contributed by atoms with Gasteiger partial charge in [0.2, 0.25) is 5.91 Å². The van der Waals surface area contributed by atoms with E-state index in [0.717, 1.165) is 12.8 Å². The van der Waals surface area contributed by atoms with Crippen LogP contribution in [0.2, 0.25) is 0 Å².